The van der Waals surface area contributed by atoms with Gasteiger partial charge >= 0.3 is 5.97 Å². The van der Waals surface area contributed by atoms with Crippen molar-refractivity contribution < 1.29 is 14.3 Å². The molecule has 0 aliphatic rings. The highest BCUT2D eigenvalue weighted by Crippen LogP contribution is 2.31. The zero-order chi connectivity index (χ0) is 15.2. The molecule has 1 aromatic heterocycles. The lowest BCUT2D eigenvalue weighted by molar-refractivity contribution is -0.138. The van der Waals surface area contributed by atoms with Gasteiger partial charge in [-0.05, 0) is 31.2 Å². The maximum absolute atomic E-state index is 11.0. The molecule has 0 amide bonds. The Kier molecular flexibility index (Phi) is 5.17. The molecule has 4 nitrogen and oxygen atoms in total. The highest BCUT2D eigenvalue weighted by atomic mass is 16.4. The first-order valence-corrected chi connectivity index (χ1v) is 7.19. The van der Waals surface area contributed by atoms with Gasteiger partial charge < -0.3 is 9.52 Å². The van der Waals surface area contributed by atoms with Crippen molar-refractivity contribution in [3.8, 4) is 0 Å². The number of carbonyl (C=O) groups is 1. The van der Waals surface area contributed by atoms with Gasteiger partial charge in [-0.1, -0.05) is 37.3 Å². The van der Waals surface area contributed by atoms with Crippen LogP contribution in [0.5, 0.6) is 0 Å². The van der Waals surface area contributed by atoms with Crippen LogP contribution in [0.2, 0.25) is 0 Å². The minimum absolute atomic E-state index is 0.0689. The lowest BCUT2D eigenvalue weighted by Crippen LogP contribution is -2.38. The van der Waals surface area contributed by atoms with Crippen molar-refractivity contribution in [2.75, 3.05) is 6.54 Å². The average molecular weight is 287 g/mol. The number of rotatable bonds is 7. The Morgan fingerprint density at radius 2 is 1.95 bits per heavy atom. The van der Waals surface area contributed by atoms with E-state index in [0.717, 1.165) is 17.9 Å². The molecule has 0 fully saturated rings. The van der Waals surface area contributed by atoms with Crippen LogP contribution in [0.15, 0.2) is 53.1 Å². The molecule has 0 spiro atoms. The maximum atomic E-state index is 11.0. The van der Waals surface area contributed by atoms with Gasteiger partial charge in [-0.15, -0.1) is 0 Å². The molecule has 0 bridgehead atoms. The van der Waals surface area contributed by atoms with Gasteiger partial charge in [0, 0.05) is 6.04 Å². The van der Waals surface area contributed by atoms with Crippen LogP contribution in [0.1, 0.15) is 37.6 Å². The van der Waals surface area contributed by atoms with Gasteiger partial charge in [-0.25, -0.2) is 0 Å². The van der Waals surface area contributed by atoms with Crippen LogP contribution in [-0.2, 0) is 4.79 Å². The van der Waals surface area contributed by atoms with Crippen molar-refractivity contribution in [3.05, 3.63) is 60.1 Å². The number of benzene rings is 1. The van der Waals surface area contributed by atoms with Gasteiger partial charge in [-0.3, -0.25) is 9.69 Å². The van der Waals surface area contributed by atoms with Crippen LogP contribution in [0, 0.1) is 0 Å². The standard InChI is InChI=1S/C17H21NO3/c1-3-18(13(2)12-16(19)20)17(15-10-7-11-21-15)14-8-5-4-6-9-14/h4-11,13,17H,3,12H2,1-2H3,(H,19,20). The maximum Gasteiger partial charge on any atom is 0.304 e. The quantitative estimate of drug-likeness (QED) is 0.846. The number of hydrogen-bond acceptors (Lipinski definition) is 3. The first-order chi connectivity index (χ1) is 10.1. The molecule has 0 radical (unpaired) electrons. The zero-order valence-electron chi connectivity index (χ0n) is 12.4. The second-order valence-corrected chi connectivity index (χ2v) is 5.11. The molecule has 0 aliphatic carbocycles. The first-order valence-electron chi connectivity index (χ1n) is 7.19. The van der Waals surface area contributed by atoms with E-state index in [1.165, 1.54) is 0 Å². The Hall–Kier alpha value is -2.07. The third-order valence-electron chi connectivity index (χ3n) is 3.66. The van der Waals surface area contributed by atoms with Gasteiger partial charge in [-0.2, -0.15) is 0 Å². The van der Waals surface area contributed by atoms with E-state index in [-0.39, 0.29) is 18.5 Å². The summed E-state index contributed by atoms with van der Waals surface area (Å²) in [6.07, 6.45) is 1.76. The summed E-state index contributed by atoms with van der Waals surface area (Å²) in [5.41, 5.74) is 1.10. The summed E-state index contributed by atoms with van der Waals surface area (Å²) in [7, 11) is 0. The molecule has 2 aromatic rings. The predicted octanol–water partition coefficient (Wildman–Crippen LogP) is 3.55. The summed E-state index contributed by atoms with van der Waals surface area (Å²) < 4.78 is 5.60. The van der Waals surface area contributed by atoms with Crippen LogP contribution in [-0.4, -0.2) is 28.6 Å². The van der Waals surface area contributed by atoms with E-state index in [0.29, 0.717) is 0 Å². The summed E-state index contributed by atoms with van der Waals surface area (Å²) in [4.78, 5) is 13.2. The van der Waals surface area contributed by atoms with Crippen molar-refractivity contribution in [1.82, 2.24) is 4.90 Å². The van der Waals surface area contributed by atoms with Gasteiger partial charge in [0.25, 0.3) is 0 Å². The predicted molar refractivity (Wildman–Crippen MR) is 81.1 cm³/mol. The van der Waals surface area contributed by atoms with Gasteiger partial charge in [0.1, 0.15) is 5.76 Å². The Balaban J connectivity index is 2.36. The number of furan rings is 1. The summed E-state index contributed by atoms with van der Waals surface area (Å²) in [5, 5.41) is 9.06. The molecule has 2 unspecified atom stereocenters. The van der Waals surface area contributed by atoms with E-state index >= 15 is 0 Å². The lowest BCUT2D eigenvalue weighted by atomic mass is 10.00. The molecule has 0 saturated carbocycles. The highest BCUT2D eigenvalue weighted by Gasteiger charge is 2.28. The molecule has 4 heteroatoms. The molecule has 21 heavy (non-hydrogen) atoms. The van der Waals surface area contributed by atoms with Crippen molar-refractivity contribution >= 4 is 5.97 Å². The first kappa shape index (κ1) is 15.3. The van der Waals surface area contributed by atoms with Crippen molar-refractivity contribution in [2.24, 2.45) is 0 Å². The topological polar surface area (TPSA) is 53.7 Å². The van der Waals surface area contributed by atoms with Gasteiger partial charge in [0.05, 0.1) is 18.7 Å². The summed E-state index contributed by atoms with van der Waals surface area (Å²) in [5.74, 6) is 0.0486. The smallest absolute Gasteiger partial charge is 0.304 e. The van der Waals surface area contributed by atoms with Crippen LogP contribution in [0.25, 0.3) is 0 Å². The normalized spacial score (nSPS) is 14.0. The molecule has 1 aromatic carbocycles. The largest absolute Gasteiger partial charge is 0.481 e. The number of hydrogen-bond donors (Lipinski definition) is 1. The molecule has 1 N–H and O–H groups in total. The highest BCUT2D eigenvalue weighted by molar-refractivity contribution is 5.67. The number of carboxylic acid groups (broad SMARTS) is 1. The Labute approximate surface area is 125 Å². The molecular weight excluding hydrogens is 266 g/mol. The van der Waals surface area contributed by atoms with E-state index in [4.69, 9.17) is 9.52 Å². The summed E-state index contributed by atoms with van der Waals surface area (Å²) in [6, 6.07) is 13.7. The van der Waals surface area contributed by atoms with Crippen molar-refractivity contribution in [2.45, 2.75) is 32.4 Å². The summed E-state index contributed by atoms with van der Waals surface area (Å²) >= 11 is 0. The molecule has 0 aliphatic heterocycles. The molecular formula is C17H21NO3. The van der Waals surface area contributed by atoms with Crippen molar-refractivity contribution in [1.29, 1.82) is 0 Å². The monoisotopic (exact) mass is 287 g/mol. The second kappa shape index (κ2) is 7.09. The second-order valence-electron chi connectivity index (χ2n) is 5.11. The van der Waals surface area contributed by atoms with E-state index in [1.54, 1.807) is 6.26 Å². The van der Waals surface area contributed by atoms with Crippen LogP contribution < -0.4 is 0 Å². The van der Waals surface area contributed by atoms with E-state index in [9.17, 15) is 4.79 Å². The Morgan fingerprint density at radius 3 is 2.48 bits per heavy atom. The van der Waals surface area contributed by atoms with Crippen LogP contribution in [0.3, 0.4) is 0 Å². The van der Waals surface area contributed by atoms with E-state index in [1.807, 2.05) is 56.3 Å². The zero-order valence-corrected chi connectivity index (χ0v) is 12.4. The number of nitrogens with zero attached hydrogens (tertiary/aromatic N) is 1. The average Bonchev–Trinajstić information content (AvgIpc) is 2.98. The molecule has 2 atom stereocenters. The Morgan fingerprint density at radius 1 is 1.24 bits per heavy atom. The van der Waals surface area contributed by atoms with Crippen LogP contribution >= 0.6 is 0 Å². The minimum atomic E-state index is -0.785. The molecule has 2 rings (SSSR count). The molecule has 1 heterocycles. The van der Waals surface area contributed by atoms with E-state index < -0.39 is 5.97 Å². The Bertz CT molecular complexity index is 551. The molecule has 112 valence electrons. The fraction of sp³-hybridized carbons (Fsp3) is 0.353. The van der Waals surface area contributed by atoms with Gasteiger partial charge in [0.2, 0.25) is 0 Å². The fourth-order valence-corrected chi connectivity index (χ4v) is 2.72. The number of carboxylic acids is 1. The van der Waals surface area contributed by atoms with Gasteiger partial charge in [0.15, 0.2) is 0 Å². The van der Waals surface area contributed by atoms with Crippen LogP contribution in [0.4, 0.5) is 0 Å². The lowest BCUT2D eigenvalue weighted by Gasteiger charge is -2.34. The fourth-order valence-electron chi connectivity index (χ4n) is 2.72. The number of aliphatic carboxylic acids is 1. The van der Waals surface area contributed by atoms with E-state index in [2.05, 4.69) is 4.90 Å². The summed E-state index contributed by atoms with van der Waals surface area (Å²) in [6.45, 7) is 4.72. The third kappa shape index (κ3) is 3.73. The van der Waals surface area contributed by atoms with Crippen molar-refractivity contribution in [3.63, 3.8) is 0 Å². The minimum Gasteiger partial charge on any atom is -0.481 e. The third-order valence-corrected chi connectivity index (χ3v) is 3.66. The SMILES string of the molecule is CCN(C(C)CC(=O)O)C(c1ccccc1)c1ccco1. The molecule has 0 saturated heterocycles.